The minimum absolute atomic E-state index is 0.0861. The molecule has 73 heavy (non-hydrogen) atoms. The van der Waals surface area contributed by atoms with Crippen molar-refractivity contribution in [2.24, 2.45) is 0 Å². The van der Waals surface area contributed by atoms with Crippen molar-refractivity contribution in [1.29, 1.82) is 0 Å². The maximum atomic E-state index is 13.2. The second-order valence-corrected chi connectivity index (χ2v) is 17.0. The van der Waals surface area contributed by atoms with E-state index in [2.05, 4.69) is 144 Å². The Morgan fingerprint density at radius 2 is 1.01 bits per heavy atom. The molecule has 2 heterocycles. The Morgan fingerprint density at radius 1 is 0.548 bits per heavy atom. The zero-order valence-electron chi connectivity index (χ0n) is 41.7. The number of ether oxygens (including phenoxy) is 1. The molecule has 7 aromatic carbocycles. The van der Waals surface area contributed by atoms with Gasteiger partial charge in [0.15, 0.2) is 6.61 Å². The molecule has 9 rings (SSSR count). The Balaban J connectivity index is 0.000000270. The number of fused-ring (bicyclic) bond motifs is 16. The van der Waals surface area contributed by atoms with Crippen LogP contribution in [0.4, 0.5) is 0 Å². The van der Waals surface area contributed by atoms with Crippen molar-refractivity contribution < 1.29 is 33.5 Å². The summed E-state index contributed by atoms with van der Waals surface area (Å²) in [6.07, 6.45) is 3.00. The lowest BCUT2D eigenvalue weighted by Crippen LogP contribution is -2.54. The largest absolute Gasteiger partial charge is 0.484 e. The van der Waals surface area contributed by atoms with Gasteiger partial charge in [-0.2, -0.15) is 0 Å². The van der Waals surface area contributed by atoms with Crippen molar-refractivity contribution in [3.63, 3.8) is 0 Å². The van der Waals surface area contributed by atoms with Crippen LogP contribution in [-0.4, -0.2) is 74.1 Å². The number of carbonyl (C=O) groups excluding carboxylic acids is 6. The van der Waals surface area contributed by atoms with Crippen LogP contribution in [0.2, 0.25) is 0 Å². The highest BCUT2D eigenvalue weighted by Gasteiger charge is 2.25. The van der Waals surface area contributed by atoms with Crippen molar-refractivity contribution in [3.8, 4) is 28.0 Å². The average Bonchev–Trinajstić information content (AvgIpc) is 3.44. The van der Waals surface area contributed by atoms with Gasteiger partial charge in [-0.1, -0.05) is 201 Å². The van der Waals surface area contributed by atoms with Crippen molar-refractivity contribution in [1.82, 2.24) is 26.6 Å². The van der Waals surface area contributed by atoms with Crippen molar-refractivity contribution in [3.05, 3.63) is 222 Å². The fraction of sp³-hybridized carbons (Fsp3) is 0.213. The Morgan fingerprint density at radius 3 is 1.51 bits per heavy atom. The summed E-state index contributed by atoms with van der Waals surface area (Å²) in [4.78, 5) is 74.5. The van der Waals surface area contributed by atoms with Gasteiger partial charge in [-0.05, 0) is 76.4 Å². The van der Waals surface area contributed by atoms with Gasteiger partial charge < -0.3 is 36.1 Å². The fourth-order valence-electron chi connectivity index (χ4n) is 7.31. The predicted molar refractivity (Wildman–Crippen MR) is 288 cm³/mol. The molecule has 7 aromatic rings. The first-order valence-electron chi connectivity index (χ1n) is 24.4. The molecular formula is C61H65N5O7. The van der Waals surface area contributed by atoms with Gasteiger partial charge in [-0.3, -0.25) is 24.0 Å². The molecule has 5 N–H and O–H groups in total. The topological polar surface area (TPSA) is 172 Å². The Kier molecular flexibility index (Phi) is 23.4. The number of aryl methyl sites for hydroxylation is 3. The molecule has 12 nitrogen and oxygen atoms in total. The van der Waals surface area contributed by atoms with E-state index in [4.69, 9.17) is 4.74 Å². The number of aldehydes is 1. The lowest BCUT2D eigenvalue weighted by atomic mass is 10.00. The van der Waals surface area contributed by atoms with Crippen LogP contribution in [0.1, 0.15) is 41.7 Å². The van der Waals surface area contributed by atoms with E-state index in [0.29, 0.717) is 17.6 Å². The van der Waals surface area contributed by atoms with Crippen molar-refractivity contribution >= 4 is 35.8 Å². The summed E-state index contributed by atoms with van der Waals surface area (Å²) >= 11 is 0. The molecular weight excluding hydrogens is 915 g/mol. The van der Waals surface area contributed by atoms with Gasteiger partial charge in [-0.25, -0.2) is 0 Å². The smallest absolute Gasteiger partial charge is 0.258 e. The van der Waals surface area contributed by atoms with Crippen LogP contribution in [0.3, 0.4) is 0 Å². The fourth-order valence-corrected chi connectivity index (χ4v) is 7.31. The zero-order valence-corrected chi connectivity index (χ0v) is 41.7. The normalized spacial score (nSPS) is 14.7. The molecule has 2 atom stereocenters. The highest BCUT2D eigenvalue weighted by Crippen LogP contribution is 2.21. The molecule has 2 aliphatic rings. The van der Waals surface area contributed by atoms with E-state index in [1.165, 1.54) is 27.8 Å². The Hall–Kier alpha value is -8.64. The highest BCUT2D eigenvalue weighted by molar-refractivity contribution is 5.94. The van der Waals surface area contributed by atoms with Gasteiger partial charge in [-0.15, -0.1) is 0 Å². The van der Waals surface area contributed by atoms with Gasteiger partial charge in [0, 0.05) is 12.8 Å². The van der Waals surface area contributed by atoms with Crippen LogP contribution in [0.15, 0.2) is 194 Å². The molecule has 2 bridgehead atoms. The molecule has 0 radical (unpaired) electrons. The number of hydrogen-bond donors (Lipinski definition) is 5. The Bertz CT molecular complexity index is 2720. The third-order valence-corrected chi connectivity index (χ3v) is 11.4. The van der Waals surface area contributed by atoms with E-state index in [1.807, 2.05) is 72.8 Å². The molecule has 0 saturated heterocycles. The predicted octanol–water partition coefficient (Wildman–Crippen LogP) is 8.21. The van der Waals surface area contributed by atoms with Crippen LogP contribution >= 0.6 is 0 Å². The van der Waals surface area contributed by atoms with E-state index >= 15 is 0 Å². The molecule has 5 amide bonds. The second-order valence-electron chi connectivity index (χ2n) is 17.0. The maximum Gasteiger partial charge on any atom is 0.258 e. The van der Waals surface area contributed by atoms with Crippen LogP contribution in [0.5, 0.6) is 5.75 Å². The highest BCUT2D eigenvalue weighted by atomic mass is 16.5. The number of nitrogens with one attached hydrogen (secondary N) is 5. The molecule has 2 aliphatic heterocycles. The summed E-state index contributed by atoms with van der Waals surface area (Å²) in [6.45, 7) is 4.98. The first-order chi connectivity index (χ1) is 35.5. The minimum Gasteiger partial charge on any atom is -0.484 e. The monoisotopic (exact) mass is 979 g/mol. The van der Waals surface area contributed by atoms with Crippen LogP contribution in [0, 0.1) is 6.92 Å². The quantitative estimate of drug-likeness (QED) is 0.0717. The van der Waals surface area contributed by atoms with E-state index in [9.17, 15) is 28.8 Å². The molecule has 376 valence electrons. The summed E-state index contributed by atoms with van der Waals surface area (Å²) in [5.74, 6) is -2.63. The zero-order chi connectivity index (χ0) is 52.0. The molecule has 0 aromatic heterocycles. The average molecular weight is 980 g/mol. The van der Waals surface area contributed by atoms with E-state index in [1.54, 1.807) is 24.3 Å². The van der Waals surface area contributed by atoms with E-state index in [-0.39, 0.29) is 26.0 Å². The molecule has 0 spiro atoms. The summed E-state index contributed by atoms with van der Waals surface area (Å²) in [5.41, 5.74) is 10.1. The lowest BCUT2D eigenvalue weighted by molar-refractivity contribution is -0.132. The molecule has 0 aliphatic carbocycles. The summed E-state index contributed by atoms with van der Waals surface area (Å²) in [7, 11) is 0. The van der Waals surface area contributed by atoms with Gasteiger partial charge in [0.1, 0.15) is 24.1 Å². The maximum absolute atomic E-state index is 13.2. The number of amides is 5. The third kappa shape index (κ3) is 20.3. The van der Waals surface area contributed by atoms with Crippen LogP contribution in [0.25, 0.3) is 22.3 Å². The third-order valence-electron chi connectivity index (χ3n) is 11.4. The first kappa shape index (κ1) is 55.3. The lowest BCUT2D eigenvalue weighted by Gasteiger charge is -2.20. The van der Waals surface area contributed by atoms with E-state index < -0.39 is 54.7 Å². The summed E-state index contributed by atoms with van der Waals surface area (Å²) < 4.78 is 5.48. The first-order valence-corrected chi connectivity index (χ1v) is 24.4. The van der Waals surface area contributed by atoms with Gasteiger partial charge in [0.05, 0.1) is 19.6 Å². The summed E-state index contributed by atoms with van der Waals surface area (Å²) in [5, 5.41) is 12.6. The van der Waals surface area contributed by atoms with Gasteiger partial charge in [0.25, 0.3) is 5.91 Å². The van der Waals surface area contributed by atoms with Gasteiger partial charge >= 0.3 is 0 Å². The SMILES string of the molecule is CCc1ccccc1.CCc1ccccc1.Cc1ccc(-c2ccccc2)cc1.O=CCNC(=O)[C@@H]1Cc2ccc(cc2)OCC(=O)NCC(=O)N[C@H](Cc2ccc(-c3ccccc3)cc2)C(=O)NCC(=O)N1. The van der Waals surface area contributed by atoms with Crippen molar-refractivity contribution in [2.45, 2.75) is 58.5 Å². The summed E-state index contributed by atoms with van der Waals surface area (Å²) in [6, 6.07) is 61.6. The molecule has 0 unspecified atom stereocenters. The Labute approximate surface area is 429 Å². The number of carbonyl (C=O) groups is 6. The van der Waals surface area contributed by atoms with Crippen LogP contribution in [-0.2, 0) is 54.5 Å². The standard InChI is InChI=1S/C32H33N5O7.C13H12.2C8H10/c38-15-14-33-31(42)26-17-22-8-12-25(13-9-22)44-20-30(41)34-18-28(39)37-27(32(43)35-19-29(40)36-26)16-21-6-10-24(11-7-21)23-4-2-1-3-5-23;1-11-7-9-13(10-8-11)12-5-3-2-4-6-12;2*1-2-8-6-4-3-5-7-8/h1-13,15,26-27H,14,16-20H2,(H,33,42)(H,34,41)(H,35,43)(H,36,40)(H,37,39);2-10H,1H3;2*3-7H,2H2,1H3/t26-,27+;;;/m0.../s1. The molecule has 12 heteroatoms. The second kappa shape index (κ2) is 30.9. The van der Waals surface area contributed by atoms with Gasteiger partial charge in [0.2, 0.25) is 23.6 Å². The minimum atomic E-state index is -1.07. The van der Waals surface area contributed by atoms with Crippen molar-refractivity contribution in [2.75, 3.05) is 26.2 Å². The number of benzene rings is 7. The number of rotatable bonds is 9. The molecule has 0 saturated carbocycles. The van der Waals surface area contributed by atoms with E-state index in [0.717, 1.165) is 29.5 Å². The molecule has 0 fully saturated rings. The number of hydrogen-bond acceptors (Lipinski definition) is 7. The van der Waals surface area contributed by atoms with Crippen LogP contribution < -0.4 is 31.3 Å².